The molecule has 9 heteroatoms. The fourth-order valence-electron chi connectivity index (χ4n) is 4.11. The Hall–Kier alpha value is -4.66. The summed E-state index contributed by atoms with van der Waals surface area (Å²) in [5, 5.41) is 19.4. The van der Waals surface area contributed by atoms with Gasteiger partial charge in [0.05, 0.1) is 34.7 Å². The molecule has 1 aromatic carbocycles. The van der Waals surface area contributed by atoms with Crippen molar-refractivity contribution in [2.24, 2.45) is 5.41 Å². The minimum atomic E-state index is -0.506. The Balaban J connectivity index is 1.51. The van der Waals surface area contributed by atoms with Crippen LogP contribution in [0, 0.1) is 17.7 Å². The maximum Gasteiger partial charge on any atom is 0.229 e. The molecule has 5 aromatic rings. The third-order valence-electron chi connectivity index (χ3n) is 6.19. The second-order valence-corrected chi connectivity index (χ2v) is 9.99. The molecule has 1 unspecified atom stereocenters. The summed E-state index contributed by atoms with van der Waals surface area (Å²) in [5.74, 6) is 0.184. The monoisotopic (exact) mass is 492 g/mol. The van der Waals surface area contributed by atoms with Gasteiger partial charge in [0.1, 0.15) is 5.69 Å². The number of aromatic nitrogens is 6. The van der Waals surface area contributed by atoms with Crippen molar-refractivity contribution in [2.75, 3.05) is 5.32 Å². The van der Waals surface area contributed by atoms with E-state index < -0.39 is 5.41 Å². The zero-order valence-corrected chi connectivity index (χ0v) is 21.1. The SMILES string of the molecule is Cc1[nH]c(-c2n[nH]c3ccc(-c4cncc(NC(=O)C(C)(C)C)c4)cc23)nc1C(C=N)c1ccccn1. The first-order valence-electron chi connectivity index (χ1n) is 12.0. The van der Waals surface area contributed by atoms with Crippen molar-refractivity contribution >= 4 is 28.7 Å². The van der Waals surface area contributed by atoms with Crippen LogP contribution in [-0.2, 0) is 4.79 Å². The highest BCUT2D eigenvalue weighted by Gasteiger charge is 2.23. The van der Waals surface area contributed by atoms with E-state index in [9.17, 15) is 4.79 Å². The number of hydrogen-bond donors (Lipinski definition) is 4. The molecular weight excluding hydrogens is 464 g/mol. The zero-order valence-electron chi connectivity index (χ0n) is 21.1. The van der Waals surface area contributed by atoms with E-state index in [4.69, 9.17) is 10.4 Å². The summed E-state index contributed by atoms with van der Waals surface area (Å²) in [6.07, 6.45) is 6.48. The molecule has 0 fully saturated rings. The smallest absolute Gasteiger partial charge is 0.229 e. The van der Waals surface area contributed by atoms with Crippen molar-refractivity contribution in [3.63, 3.8) is 0 Å². The van der Waals surface area contributed by atoms with Crippen LogP contribution in [0.1, 0.15) is 43.8 Å². The van der Waals surface area contributed by atoms with Gasteiger partial charge in [0.15, 0.2) is 5.82 Å². The summed E-state index contributed by atoms with van der Waals surface area (Å²) in [5.41, 5.74) is 5.85. The second-order valence-electron chi connectivity index (χ2n) is 9.99. The molecule has 0 saturated heterocycles. The highest BCUT2D eigenvalue weighted by atomic mass is 16.2. The van der Waals surface area contributed by atoms with Crippen molar-refractivity contribution < 1.29 is 4.79 Å². The number of aryl methyl sites for hydroxylation is 1. The molecule has 0 bridgehead atoms. The molecule has 9 nitrogen and oxygen atoms in total. The number of carbonyl (C=O) groups excluding carboxylic acids is 1. The number of rotatable bonds is 6. The predicted molar refractivity (Wildman–Crippen MR) is 145 cm³/mol. The minimum absolute atomic E-state index is 0.0723. The molecule has 4 N–H and O–H groups in total. The summed E-state index contributed by atoms with van der Waals surface area (Å²) in [6, 6.07) is 13.5. The summed E-state index contributed by atoms with van der Waals surface area (Å²) in [7, 11) is 0. The van der Waals surface area contributed by atoms with Gasteiger partial charge in [0.25, 0.3) is 0 Å². The number of H-pyrrole nitrogens is 2. The lowest BCUT2D eigenvalue weighted by Gasteiger charge is -2.17. The van der Waals surface area contributed by atoms with Gasteiger partial charge in [-0.2, -0.15) is 5.10 Å². The molecule has 0 spiro atoms. The summed E-state index contributed by atoms with van der Waals surface area (Å²) < 4.78 is 0. The average molecular weight is 493 g/mol. The lowest BCUT2D eigenvalue weighted by molar-refractivity contribution is -0.123. The molecule has 0 aliphatic rings. The first kappa shape index (κ1) is 24.1. The maximum absolute atomic E-state index is 12.4. The molecule has 0 saturated carbocycles. The molecule has 1 atom stereocenters. The molecule has 0 radical (unpaired) electrons. The summed E-state index contributed by atoms with van der Waals surface area (Å²) in [6.45, 7) is 7.55. The van der Waals surface area contributed by atoms with Crippen LogP contribution < -0.4 is 5.32 Å². The Morgan fingerprint density at radius 1 is 1.11 bits per heavy atom. The fourth-order valence-corrected chi connectivity index (χ4v) is 4.11. The molecule has 0 aliphatic carbocycles. The number of imidazole rings is 1. The van der Waals surface area contributed by atoms with Crippen molar-refractivity contribution in [2.45, 2.75) is 33.6 Å². The van der Waals surface area contributed by atoms with Crippen LogP contribution in [0.3, 0.4) is 0 Å². The topological polar surface area (TPSA) is 136 Å². The first-order chi connectivity index (χ1) is 17.7. The van der Waals surface area contributed by atoms with Crippen LogP contribution >= 0.6 is 0 Å². The van der Waals surface area contributed by atoms with Gasteiger partial charge in [-0.25, -0.2) is 4.98 Å². The van der Waals surface area contributed by atoms with Crippen LogP contribution in [-0.4, -0.2) is 42.3 Å². The summed E-state index contributed by atoms with van der Waals surface area (Å²) in [4.78, 5) is 29.4. The predicted octanol–water partition coefficient (Wildman–Crippen LogP) is 5.48. The van der Waals surface area contributed by atoms with E-state index in [-0.39, 0.29) is 11.8 Å². The van der Waals surface area contributed by atoms with Gasteiger partial charge in [-0.3, -0.25) is 19.9 Å². The number of carbonyl (C=O) groups is 1. The fraction of sp³-hybridized carbons (Fsp3) is 0.214. The Morgan fingerprint density at radius 3 is 2.68 bits per heavy atom. The number of aromatic amines is 2. The Labute approximate surface area is 214 Å². The molecule has 37 heavy (non-hydrogen) atoms. The van der Waals surface area contributed by atoms with Gasteiger partial charge in [-0.15, -0.1) is 0 Å². The molecule has 1 amide bonds. The average Bonchev–Trinajstić information content (AvgIpc) is 3.48. The number of hydrogen-bond acceptors (Lipinski definition) is 6. The first-order valence-corrected chi connectivity index (χ1v) is 12.0. The lowest BCUT2D eigenvalue weighted by Crippen LogP contribution is -2.27. The van der Waals surface area contributed by atoms with Gasteiger partial charge in [-0.1, -0.05) is 32.9 Å². The van der Waals surface area contributed by atoms with Gasteiger partial charge >= 0.3 is 0 Å². The van der Waals surface area contributed by atoms with Gasteiger partial charge in [0, 0.05) is 40.7 Å². The van der Waals surface area contributed by atoms with E-state index >= 15 is 0 Å². The number of nitrogens with zero attached hydrogens (tertiary/aromatic N) is 4. The number of fused-ring (bicyclic) bond motifs is 1. The van der Waals surface area contributed by atoms with Crippen LogP contribution in [0.2, 0.25) is 0 Å². The Kier molecular flexibility index (Phi) is 6.12. The van der Waals surface area contributed by atoms with Gasteiger partial charge in [-0.05, 0) is 42.8 Å². The molecule has 4 heterocycles. The largest absolute Gasteiger partial charge is 0.340 e. The number of benzene rings is 1. The third-order valence-corrected chi connectivity index (χ3v) is 6.19. The van der Waals surface area contributed by atoms with E-state index in [1.807, 2.05) is 70.2 Å². The molecule has 5 rings (SSSR count). The van der Waals surface area contributed by atoms with Crippen LogP contribution in [0.15, 0.2) is 61.1 Å². The highest BCUT2D eigenvalue weighted by molar-refractivity contribution is 5.96. The van der Waals surface area contributed by atoms with Gasteiger partial charge < -0.3 is 15.7 Å². The number of nitrogens with one attached hydrogen (secondary N) is 4. The standard InChI is InChI=1S/C28H28N8O/c1-16-24(21(13-29)22-7-5-6-10-31-22)34-26(32-16)25-20-12-17(8-9-23(20)35-36-25)18-11-19(15-30-14-18)33-27(37)28(2,3)4/h5-15,21,29H,1-4H3,(H,32,34)(H,33,37)(H,35,36). The van der Waals surface area contributed by atoms with Crippen LogP contribution in [0.4, 0.5) is 5.69 Å². The Bertz CT molecular complexity index is 1590. The third kappa shape index (κ3) is 4.75. The maximum atomic E-state index is 12.4. The van der Waals surface area contributed by atoms with Crippen molar-refractivity contribution in [3.8, 4) is 22.6 Å². The second kappa shape index (κ2) is 9.42. The summed E-state index contributed by atoms with van der Waals surface area (Å²) >= 11 is 0. The van der Waals surface area contributed by atoms with E-state index in [1.165, 1.54) is 6.21 Å². The van der Waals surface area contributed by atoms with Crippen molar-refractivity contribution in [1.82, 2.24) is 30.1 Å². The normalized spacial score (nSPS) is 12.4. The zero-order chi connectivity index (χ0) is 26.2. The molecule has 186 valence electrons. The van der Waals surface area contributed by atoms with Gasteiger partial charge in [0.2, 0.25) is 5.91 Å². The number of anilines is 1. The number of pyridine rings is 2. The Morgan fingerprint density at radius 2 is 1.95 bits per heavy atom. The van der Waals surface area contributed by atoms with Crippen LogP contribution in [0.5, 0.6) is 0 Å². The van der Waals surface area contributed by atoms with E-state index in [0.717, 1.165) is 39.1 Å². The minimum Gasteiger partial charge on any atom is -0.340 e. The molecule has 4 aromatic heterocycles. The van der Waals surface area contributed by atoms with Crippen molar-refractivity contribution in [1.29, 1.82) is 5.41 Å². The van der Waals surface area contributed by atoms with E-state index in [0.29, 0.717) is 17.2 Å². The van der Waals surface area contributed by atoms with E-state index in [2.05, 4.69) is 30.5 Å². The molecular formula is C28H28N8O. The highest BCUT2D eigenvalue weighted by Crippen LogP contribution is 2.32. The lowest BCUT2D eigenvalue weighted by atomic mass is 9.95. The molecule has 0 aliphatic heterocycles. The number of amides is 1. The van der Waals surface area contributed by atoms with Crippen molar-refractivity contribution in [3.05, 3.63) is 78.1 Å². The van der Waals surface area contributed by atoms with E-state index in [1.54, 1.807) is 18.6 Å². The van der Waals surface area contributed by atoms with Crippen LogP contribution in [0.25, 0.3) is 33.5 Å². The quantitative estimate of drug-likeness (QED) is 0.233.